The first-order valence-electron chi connectivity index (χ1n) is 4.84. The average molecular weight is 265 g/mol. The van der Waals surface area contributed by atoms with Gasteiger partial charge in [0.2, 0.25) is 0 Å². The van der Waals surface area contributed by atoms with Crippen molar-refractivity contribution in [3.63, 3.8) is 0 Å². The second kappa shape index (κ2) is 4.21. The highest BCUT2D eigenvalue weighted by atomic mass is 27.2. The number of aromatic nitrogens is 1. The number of hydrogen-bond donors (Lipinski definition) is 0. The first-order valence-corrected chi connectivity index (χ1v) is 6.60. The van der Waals surface area contributed by atoms with Gasteiger partial charge in [-0.3, -0.25) is 4.98 Å². The Morgan fingerprint density at radius 2 is 1.76 bits per heavy atom. The van der Waals surface area contributed by atoms with E-state index in [1.807, 2.05) is 0 Å². The third kappa shape index (κ3) is 2.60. The lowest BCUT2D eigenvalue weighted by atomic mass is 10.3. The fourth-order valence-electron chi connectivity index (χ4n) is 1.46. The highest BCUT2D eigenvalue weighted by Crippen LogP contribution is 2.43. The number of aryl methyl sites for hydroxylation is 1. The van der Waals surface area contributed by atoms with E-state index in [1.165, 1.54) is 0 Å². The topological polar surface area (TPSA) is 31.4 Å². The van der Waals surface area contributed by atoms with Crippen molar-refractivity contribution in [2.75, 3.05) is 0 Å². The molecule has 92 valence electrons. The van der Waals surface area contributed by atoms with E-state index in [9.17, 15) is 17.6 Å². The van der Waals surface area contributed by atoms with Gasteiger partial charge in [-0.2, -0.15) is 17.6 Å². The number of nitrogens with zero attached hydrogens (tertiary/aromatic N) is 1. The van der Waals surface area contributed by atoms with Crippen LogP contribution in [0.25, 0.3) is 0 Å². The monoisotopic (exact) mass is 265 g/mol. The van der Waals surface area contributed by atoms with Crippen LogP contribution in [0.3, 0.4) is 0 Å². The van der Waals surface area contributed by atoms with E-state index >= 15 is 0 Å². The minimum absolute atomic E-state index is 0.118. The molecular weight excluding hydrogens is 257 g/mol. The van der Waals surface area contributed by atoms with Crippen molar-refractivity contribution >= 4 is 14.8 Å². The van der Waals surface area contributed by atoms with Crippen LogP contribution in [0.2, 0.25) is 0 Å². The average Bonchev–Trinajstić information content (AvgIpc) is 2.34. The summed E-state index contributed by atoms with van der Waals surface area (Å²) in [6.45, 7) is 1.71. The Morgan fingerprint density at radius 1 is 1.18 bits per heavy atom. The summed E-state index contributed by atoms with van der Waals surface area (Å²) in [7, 11) is 0. The summed E-state index contributed by atoms with van der Waals surface area (Å²) in [4.78, 5) is 4.02. The lowest BCUT2D eigenvalue weighted by molar-refractivity contribution is -0.344. The molecule has 17 heavy (non-hydrogen) atoms. The predicted molar refractivity (Wildman–Crippen MR) is 50.5 cm³/mol. The predicted octanol–water partition coefficient (Wildman–Crippen LogP) is 2.19. The highest BCUT2D eigenvalue weighted by molar-refractivity contribution is 6.44. The summed E-state index contributed by atoms with van der Waals surface area (Å²) in [5, 5.41) is -0.118. The second-order valence-electron chi connectivity index (χ2n) is 3.67. The van der Waals surface area contributed by atoms with Crippen LogP contribution in [0, 0.1) is 6.92 Å². The minimum atomic E-state index is -4.53. The molecular formula is C9H8AlF4NO2. The molecule has 0 amide bonds. The van der Waals surface area contributed by atoms with Gasteiger partial charge in [0.15, 0.2) is 0 Å². The van der Waals surface area contributed by atoms with Gasteiger partial charge in [-0.15, -0.1) is 0 Å². The summed E-state index contributed by atoms with van der Waals surface area (Å²) in [6.07, 6.45) is -9.07. The van der Waals surface area contributed by atoms with Gasteiger partial charge in [-0.25, -0.2) is 0 Å². The molecule has 0 saturated carbocycles. The molecule has 1 aromatic rings. The van der Waals surface area contributed by atoms with Crippen LogP contribution in [0.15, 0.2) is 18.2 Å². The Morgan fingerprint density at radius 3 is 2.29 bits per heavy atom. The molecule has 2 heterocycles. The van der Waals surface area contributed by atoms with Gasteiger partial charge in [0.05, 0.1) is 0 Å². The molecule has 2 rings (SSSR count). The zero-order valence-electron chi connectivity index (χ0n) is 8.79. The number of hydrogen-bond acceptors (Lipinski definition) is 3. The Hall–Kier alpha value is -0.678. The summed E-state index contributed by atoms with van der Waals surface area (Å²) in [5.74, 6) is 0. The summed E-state index contributed by atoms with van der Waals surface area (Å²) in [6, 6.07) is 4.93. The maximum Gasteiger partial charge on any atom is 0.689 e. The zero-order chi connectivity index (χ0) is 12.7. The van der Waals surface area contributed by atoms with Crippen molar-refractivity contribution in [1.82, 2.24) is 4.98 Å². The molecule has 0 spiro atoms. The Kier molecular flexibility index (Phi) is 3.16. The second-order valence-corrected chi connectivity index (χ2v) is 5.41. The molecule has 0 bridgehead atoms. The van der Waals surface area contributed by atoms with Crippen LogP contribution in [0.5, 0.6) is 0 Å². The van der Waals surface area contributed by atoms with Crippen LogP contribution in [-0.4, -0.2) is 32.0 Å². The smallest absolute Gasteiger partial charge is 0.415 e. The van der Waals surface area contributed by atoms with Crippen molar-refractivity contribution in [3.05, 3.63) is 29.6 Å². The molecule has 1 aliphatic heterocycles. The molecule has 0 radical (unpaired) electrons. The molecule has 0 N–H and O–H groups in total. The van der Waals surface area contributed by atoms with Crippen LogP contribution < -0.4 is 0 Å². The van der Waals surface area contributed by atoms with Gasteiger partial charge >= 0.3 is 27.0 Å². The van der Waals surface area contributed by atoms with Crippen molar-refractivity contribution in [2.45, 2.75) is 24.4 Å². The molecule has 0 unspecified atom stereocenters. The van der Waals surface area contributed by atoms with Crippen molar-refractivity contribution in [3.8, 4) is 0 Å². The fraction of sp³-hybridized carbons (Fsp3) is 0.444. The molecule has 0 aromatic carbocycles. The summed E-state index contributed by atoms with van der Waals surface area (Å²) < 4.78 is 58.7. The van der Waals surface area contributed by atoms with Crippen LogP contribution in [0.1, 0.15) is 11.4 Å². The normalized spacial score (nSPS) is 21.8. The van der Waals surface area contributed by atoms with E-state index in [2.05, 4.69) is 12.6 Å². The molecule has 0 aliphatic carbocycles. The molecule has 0 atom stereocenters. The highest BCUT2D eigenvalue weighted by Gasteiger charge is 2.69. The summed E-state index contributed by atoms with van der Waals surface area (Å²) in [5.41, 5.74) is 1.09. The van der Waals surface area contributed by atoms with Gasteiger partial charge in [-0.1, -0.05) is 6.07 Å². The first kappa shape index (κ1) is 12.8. The van der Waals surface area contributed by atoms with E-state index in [0.717, 1.165) is 0 Å². The number of rotatable bonds is 2. The quantitative estimate of drug-likeness (QED) is 0.606. The van der Waals surface area contributed by atoms with Crippen LogP contribution in [0.4, 0.5) is 17.6 Å². The maximum absolute atomic E-state index is 12.7. The number of alkyl halides is 4. The molecule has 3 nitrogen and oxygen atoms in total. The lowest BCUT2D eigenvalue weighted by Gasteiger charge is -2.16. The third-order valence-electron chi connectivity index (χ3n) is 2.22. The van der Waals surface area contributed by atoms with Gasteiger partial charge < -0.3 is 7.58 Å². The van der Waals surface area contributed by atoms with Crippen LogP contribution in [-0.2, 0) is 12.9 Å². The Labute approximate surface area is 99.4 Å². The van der Waals surface area contributed by atoms with Crippen molar-refractivity contribution in [1.29, 1.82) is 0 Å². The van der Waals surface area contributed by atoms with E-state index in [1.54, 1.807) is 25.1 Å². The van der Waals surface area contributed by atoms with Gasteiger partial charge in [-0.05, 0) is 19.1 Å². The van der Waals surface area contributed by atoms with Gasteiger partial charge in [0.1, 0.15) is 0 Å². The van der Waals surface area contributed by atoms with E-state index < -0.39 is 27.0 Å². The van der Waals surface area contributed by atoms with Crippen molar-refractivity contribution in [2.24, 2.45) is 0 Å². The first-order chi connectivity index (χ1) is 7.80. The lowest BCUT2D eigenvalue weighted by Crippen LogP contribution is -2.36. The third-order valence-corrected chi connectivity index (χ3v) is 4.09. The molecule has 1 saturated heterocycles. The molecule has 8 heteroatoms. The maximum atomic E-state index is 12.7. The zero-order valence-corrected chi connectivity index (χ0v) is 9.95. The van der Waals surface area contributed by atoms with E-state index in [4.69, 9.17) is 0 Å². The number of halogens is 4. The van der Waals surface area contributed by atoms with Crippen molar-refractivity contribution < 1.29 is 25.1 Å². The van der Waals surface area contributed by atoms with Gasteiger partial charge in [0, 0.05) is 16.7 Å². The molecule has 1 aromatic heterocycles. The molecule has 1 fully saturated rings. The molecule has 1 aliphatic rings. The minimum Gasteiger partial charge on any atom is -0.415 e. The summed E-state index contributed by atoms with van der Waals surface area (Å²) >= 11 is -3.14. The van der Waals surface area contributed by atoms with Gasteiger partial charge in [0.25, 0.3) is 0 Å². The number of pyridine rings is 1. The van der Waals surface area contributed by atoms with Crippen LogP contribution >= 0.6 is 0 Å². The standard InChI is InChI=1S/C7H8N.C2F4O2.Al/c1-6-4-3-5-7(2)8-6;3-1(4,7)2(5,6)8;/h3-5H,1H2,2H3;;/q;-2;+2. The van der Waals surface area contributed by atoms with E-state index in [-0.39, 0.29) is 5.28 Å². The fourth-order valence-corrected chi connectivity index (χ4v) is 3.18. The Bertz CT molecular complexity index is 413. The largest absolute Gasteiger partial charge is 0.689 e. The van der Waals surface area contributed by atoms with E-state index in [0.29, 0.717) is 11.4 Å². The Balaban J connectivity index is 2.08. The SMILES string of the molecule is Cc1cccc([CH2][Al]2[O]C(F)(F)C(F)(F)[O]2)n1.